The number of aromatic nitrogens is 2. The zero-order valence-electron chi connectivity index (χ0n) is 13.0. The van der Waals surface area contributed by atoms with E-state index in [1.54, 1.807) is 36.5 Å². The first-order valence-electron chi connectivity index (χ1n) is 7.65. The predicted molar refractivity (Wildman–Crippen MR) is 94.5 cm³/mol. The summed E-state index contributed by atoms with van der Waals surface area (Å²) in [7, 11) is 0. The lowest BCUT2D eigenvalue weighted by Crippen LogP contribution is -2.15. The maximum absolute atomic E-state index is 12.4. The van der Waals surface area contributed by atoms with Gasteiger partial charge in [-0.3, -0.25) is 14.7 Å². The van der Waals surface area contributed by atoms with E-state index in [0.29, 0.717) is 16.7 Å². The van der Waals surface area contributed by atoms with Crippen molar-refractivity contribution in [1.82, 2.24) is 10.2 Å². The maximum atomic E-state index is 12.4. The molecule has 122 valence electrons. The smallest absolute Gasteiger partial charge is 0.291 e. The van der Waals surface area contributed by atoms with Crippen LogP contribution in [-0.2, 0) is 0 Å². The van der Waals surface area contributed by atoms with Gasteiger partial charge in [-0.1, -0.05) is 24.3 Å². The van der Waals surface area contributed by atoms with Crippen LogP contribution in [0, 0.1) is 0 Å². The Morgan fingerprint density at radius 1 is 1.04 bits per heavy atom. The van der Waals surface area contributed by atoms with Gasteiger partial charge in [-0.2, -0.15) is 5.10 Å². The topological polar surface area (TPSA) is 88.0 Å². The van der Waals surface area contributed by atoms with Crippen LogP contribution in [0.3, 0.4) is 0 Å². The minimum absolute atomic E-state index is 0.0318. The number of aromatic amines is 1. The predicted octanol–water partition coefficient (Wildman–Crippen LogP) is 3.44. The molecular formula is C19H13N3O3. The molecule has 0 atom stereocenters. The van der Waals surface area contributed by atoms with Crippen LogP contribution in [0.1, 0.15) is 10.6 Å². The lowest BCUT2D eigenvalue weighted by Gasteiger charge is -2.07. The van der Waals surface area contributed by atoms with Crippen molar-refractivity contribution in [3.05, 3.63) is 82.8 Å². The third kappa shape index (κ3) is 2.92. The van der Waals surface area contributed by atoms with Crippen molar-refractivity contribution >= 4 is 22.6 Å². The molecule has 0 spiro atoms. The van der Waals surface area contributed by atoms with E-state index in [-0.39, 0.29) is 11.2 Å². The van der Waals surface area contributed by atoms with Gasteiger partial charge in [0.15, 0.2) is 11.2 Å². The number of hydrogen-bond acceptors (Lipinski definition) is 4. The van der Waals surface area contributed by atoms with Crippen LogP contribution in [0.4, 0.5) is 5.69 Å². The summed E-state index contributed by atoms with van der Waals surface area (Å²) in [5, 5.41) is 9.98. The van der Waals surface area contributed by atoms with Gasteiger partial charge in [-0.25, -0.2) is 0 Å². The van der Waals surface area contributed by atoms with Crippen LogP contribution in [0.5, 0.6) is 0 Å². The van der Waals surface area contributed by atoms with E-state index in [1.807, 2.05) is 24.3 Å². The summed E-state index contributed by atoms with van der Waals surface area (Å²) in [5.41, 5.74) is 2.45. The van der Waals surface area contributed by atoms with Crippen molar-refractivity contribution in [3.8, 4) is 11.3 Å². The Morgan fingerprint density at radius 2 is 1.92 bits per heavy atom. The number of nitrogens with zero attached hydrogens (tertiary/aromatic N) is 1. The van der Waals surface area contributed by atoms with E-state index < -0.39 is 5.91 Å². The molecule has 4 rings (SSSR count). The second-order valence-electron chi connectivity index (χ2n) is 5.48. The fourth-order valence-electron chi connectivity index (χ4n) is 2.59. The second kappa shape index (κ2) is 6.09. The first kappa shape index (κ1) is 14.9. The van der Waals surface area contributed by atoms with Crippen LogP contribution < -0.4 is 10.7 Å². The summed E-state index contributed by atoms with van der Waals surface area (Å²) in [4.78, 5) is 24.6. The number of carbonyl (C=O) groups is 1. The first-order valence-corrected chi connectivity index (χ1v) is 7.65. The molecule has 0 radical (unpaired) electrons. The molecule has 0 fully saturated rings. The van der Waals surface area contributed by atoms with Gasteiger partial charge in [-0.05, 0) is 30.3 Å². The van der Waals surface area contributed by atoms with Crippen molar-refractivity contribution in [2.24, 2.45) is 0 Å². The van der Waals surface area contributed by atoms with E-state index >= 15 is 0 Å². The second-order valence-corrected chi connectivity index (χ2v) is 5.48. The third-order valence-corrected chi connectivity index (χ3v) is 3.79. The molecule has 2 heterocycles. The minimum Gasteiger partial charge on any atom is -0.451 e. The minimum atomic E-state index is -0.482. The van der Waals surface area contributed by atoms with Gasteiger partial charge < -0.3 is 9.73 Å². The highest BCUT2D eigenvalue weighted by Gasteiger charge is 2.13. The number of rotatable bonds is 3. The van der Waals surface area contributed by atoms with Gasteiger partial charge >= 0.3 is 0 Å². The number of nitrogens with one attached hydrogen (secondary N) is 2. The first-order chi connectivity index (χ1) is 12.2. The van der Waals surface area contributed by atoms with Gasteiger partial charge in [0.2, 0.25) is 0 Å². The normalized spacial score (nSPS) is 10.7. The Bertz CT molecular complexity index is 1110. The van der Waals surface area contributed by atoms with Crippen LogP contribution in [0.2, 0.25) is 0 Å². The Kier molecular flexibility index (Phi) is 3.63. The van der Waals surface area contributed by atoms with Gasteiger partial charge in [0, 0.05) is 23.5 Å². The van der Waals surface area contributed by atoms with Gasteiger partial charge in [-0.15, -0.1) is 0 Å². The summed E-state index contributed by atoms with van der Waals surface area (Å²) >= 11 is 0. The van der Waals surface area contributed by atoms with Crippen molar-refractivity contribution in [3.63, 3.8) is 0 Å². The Morgan fingerprint density at radius 3 is 2.76 bits per heavy atom. The quantitative estimate of drug-likeness (QED) is 0.602. The van der Waals surface area contributed by atoms with Gasteiger partial charge in [0.1, 0.15) is 5.58 Å². The highest BCUT2D eigenvalue weighted by Crippen LogP contribution is 2.21. The van der Waals surface area contributed by atoms with Crippen LogP contribution in [-0.4, -0.2) is 16.1 Å². The molecule has 4 aromatic rings. The summed E-state index contributed by atoms with van der Waals surface area (Å²) in [6.45, 7) is 0. The Labute approximate surface area is 142 Å². The highest BCUT2D eigenvalue weighted by atomic mass is 16.3. The Hall–Kier alpha value is -3.67. The van der Waals surface area contributed by atoms with E-state index in [4.69, 9.17) is 4.42 Å². The van der Waals surface area contributed by atoms with Gasteiger partial charge in [0.05, 0.1) is 11.1 Å². The molecule has 6 heteroatoms. The zero-order valence-corrected chi connectivity index (χ0v) is 13.0. The number of hydrogen-bond donors (Lipinski definition) is 2. The maximum Gasteiger partial charge on any atom is 0.291 e. The number of fused-ring (bicyclic) bond motifs is 1. The molecule has 0 unspecified atom stereocenters. The molecule has 6 nitrogen and oxygen atoms in total. The Balaban J connectivity index is 1.64. The molecule has 0 aliphatic rings. The van der Waals surface area contributed by atoms with E-state index in [2.05, 4.69) is 15.5 Å². The molecule has 0 aliphatic carbocycles. The van der Waals surface area contributed by atoms with E-state index in [9.17, 15) is 9.59 Å². The summed E-state index contributed by atoms with van der Waals surface area (Å²) in [6, 6.07) is 17.2. The zero-order chi connectivity index (χ0) is 17.2. The average molecular weight is 331 g/mol. The molecule has 0 saturated heterocycles. The molecule has 0 saturated carbocycles. The fraction of sp³-hybridized carbons (Fsp3) is 0. The molecule has 2 N–H and O–H groups in total. The number of carbonyl (C=O) groups excluding carboxylic acids is 1. The molecule has 0 bridgehead atoms. The third-order valence-electron chi connectivity index (χ3n) is 3.79. The standard InChI is InChI=1S/C19H13N3O3/c23-16-11-18(25-17-7-2-1-6-14(16)17)19(24)21-13-5-3-4-12(10-13)15-8-9-20-22-15/h1-11H,(H,20,22)(H,21,24). The number of para-hydroxylation sites is 1. The number of amides is 1. The lowest BCUT2D eigenvalue weighted by atomic mass is 10.1. The van der Waals surface area contributed by atoms with Crippen molar-refractivity contribution in [1.29, 1.82) is 0 Å². The summed E-state index contributed by atoms with van der Waals surface area (Å²) in [6.07, 6.45) is 1.66. The molecule has 2 aromatic heterocycles. The van der Waals surface area contributed by atoms with Crippen molar-refractivity contribution < 1.29 is 9.21 Å². The monoisotopic (exact) mass is 331 g/mol. The van der Waals surface area contributed by atoms with Crippen LogP contribution >= 0.6 is 0 Å². The average Bonchev–Trinajstić information content (AvgIpc) is 3.17. The van der Waals surface area contributed by atoms with E-state index in [1.165, 1.54) is 6.07 Å². The van der Waals surface area contributed by atoms with Crippen LogP contribution in [0.25, 0.3) is 22.2 Å². The van der Waals surface area contributed by atoms with Gasteiger partial charge in [0.25, 0.3) is 5.91 Å². The van der Waals surface area contributed by atoms with Crippen LogP contribution in [0.15, 0.2) is 76.1 Å². The number of H-pyrrole nitrogens is 1. The molecule has 25 heavy (non-hydrogen) atoms. The number of anilines is 1. The highest BCUT2D eigenvalue weighted by molar-refractivity contribution is 6.03. The van der Waals surface area contributed by atoms with Crippen molar-refractivity contribution in [2.75, 3.05) is 5.32 Å². The summed E-state index contributed by atoms with van der Waals surface area (Å²) < 4.78 is 5.55. The summed E-state index contributed by atoms with van der Waals surface area (Å²) in [5.74, 6) is -0.514. The van der Waals surface area contributed by atoms with Crippen molar-refractivity contribution in [2.45, 2.75) is 0 Å². The molecule has 2 aromatic carbocycles. The molecular weight excluding hydrogens is 318 g/mol. The van der Waals surface area contributed by atoms with E-state index in [0.717, 1.165) is 11.3 Å². The molecule has 1 amide bonds. The largest absolute Gasteiger partial charge is 0.451 e. The lowest BCUT2D eigenvalue weighted by molar-refractivity contribution is 0.0997. The fourth-order valence-corrected chi connectivity index (χ4v) is 2.59. The number of benzene rings is 2. The molecule has 0 aliphatic heterocycles. The SMILES string of the molecule is O=C(Nc1cccc(-c2ccn[nH]2)c1)c1cc(=O)c2ccccc2o1.